The first-order valence-corrected chi connectivity index (χ1v) is 19.2. The van der Waals surface area contributed by atoms with Crippen LogP contribution in [0.25, 0.3) is 0 Å². The third kappa shape index (κ3) is 33.4. The van der Waals surface area contributed by atoms with Crippen molar-refractivity contribution in [2.45, 2.75) is 174 Å². The van der Waals surface area contributed by atoms with E-state index in [0.717, 1.165) is 57.8 Å². The molecule has 0 amide bonds. The zero-order valence-electron chi connectivity index (χ0n) is 28.1. The van der Waals surface area contributed by atoms with Crippen LogP contribution in [0.15, 0.2) is 24.3 Å². The van der Waals surface area contributed by atoms with Gasteiger partial charge in [-0.15, -0.1) is 0 Å². The van der Waals surface area contributed by atoms with E-state index in [1.165, 1.54) is 70.6 Å². The minimum Gasteiger partial charge on any atom is -0.462 e. The highest BCUT2D eigenvalue weighted by molar-refractivity contribution is 7.46. The molecule has 0 radical (unpaired) electrons. The van der Waals surface area contributed by atoms with Gasteiger partial charge < -0.3 is 19.3 Å². The van der Waals surface area contributed by atoms with Gasteiger partial charge in [-0.25, -0.2) is 4.57 Å². The molecule has 0 spiro atoms. The highest BCUT2D eigenvalue weighted by Gasteiger charge is 2.22. The van der Waals surface area contributed by atoms with Gasteiger partial charge in [-0.1, -0.05) is 141 Å². The average molecular weight is 645 g/mol. The fourth-order valence-electron chi connectivity index (χ4n) is 4.83. The summed E-state index contributed by atoms with van der Waals surface area (Å²) in [5.41, 5.74) is 0. The largest absolute Gasteiger partial charge is 0.469 e. The fourth-order valence-corrected chi connectivity index (χ4v) is 5.19. The highest BCUT2D eigenvalue weighted by atomic mass is 31.2. The van der Waals surface area contributed by atoms with E-state index < -0.39 is 32.5 Å². The quantitative estimate of drug-likeness (QED) is 0.0321. The average Bonchev–Trinajstić information content (AvgIpc) is 2.98. The Morgan fingerprint density at radius 2 is 1.00 bits per heavy atom. The molecule has 0 aromatic rings. The first kappa shape index (κ1) is 42.5. The molecule has 44 heavy (non-hydrogen) atoms. The van der Waals surface area contributed by atoms with E-state index in [9.17, 15) is 14.2 Å². The number of allylic oxidation sites excluding steroid dienone is 4. The lowest BCUT2D eigenvalue weighted by Crippen LogP contribution is -2.29. The van der Waals surface area contributed by atoms with Gasteiger partial charge in [0.15, 0.2) is 6.10 Å². The second-order valence-corrected chi connectivity index (χ2v) is 13.1. The number of hydrogen-bond acceptors (Lipinski definition) is 6. The molecular weight excluding hydrogens is 579 g/mol. The van der Waals surface area contributed by atoms with E-state index in [2.05, 4.69) is 42.7 Å². The van der Waals surface area contributed by atoms with Crippen molar-refractivity contribution in [3.05, 3.63) is 24.3 Å². The second kappa shape index (κ2) is 31.5. The lowest BCUT2D eigenvalue weighted by atomic mass is 10.1. The summed E-state index contributed by atoms with van der Waals surface area (Å²) < 4.78 is 26.2. The Morgan fingerprint density at radius 1 is 0.591 bits per heavy atom. The number of phosphoric acid groups is 1. The third-order valence-corrected chi connectivity index (χ3v) is 7.99. The van der Waals surface area contributed by atoms with E-state index in [4.69, 9.17) is 19.3 Å². The lowest BCUT2D eigenvalue weighted by Gasteiger charge is -2.18. The summed E-state index contributed by atoms with van der Waals surface area (Å²) >= 11 is 0. The number of esters is 2. The van der Waals surface area contributed by atoms with Gasteiger partial charge in [0, 0.05) is 12.8 Å². The molecule has 1 atom stereocenters. The smallest absolute Gasteiger partial charge is 0.462 e. The highest BCUT2D eigenvalue weighted by Crippen LogP contribution is 2.36. The van der Waals surface area contributed by atoms with Crippen LogP contribution in [0.2, 0.25) is 0 Å². The summed E-state index contributed by atoms with van der Waals surface area (Å²) in [6, 6.07) is 0. The first-order valence-electron chi connectivity index (χ1n) is 17.6. The molecule has 0 aromatic heterocycles. The molecule has 0 rings (SSSR count). The predicted octanol–water partition coefficient (Wildman–Crippen LogP) is 10.1. The summed E-state index contributed by atoms with van der Waals surface area (Å²) in [7, 11) is -4.74. The van der Waals surface area contributed by atoms with Gasteiger partial charge in [-0.3, -0.25) is 14.1 Å². The van der Waals surface area contributed by atoms with Gasteiger partial charge in [-0.2, -0.15) is 0 Å². The van der Waals surface area contributed by atoms with E-state index in [-0.39, 0.29) is 19.4 Å². The van der Waals surface area contributed by atoms with Crippen molar-refractivity contribution in [3.63, 3.8) is 0 Å². The number of rotatable bonds is 32. The van der Waals surface area contributed by atoms with Crippen molar-refractivity contribution in [3.8, 4) is 0 Å². The Labute approximate surface area is 269 Å². The summed E-state index contributed by atoms with van der Waals surface area (Å²) in [6.45, 7) is 3.62. The number of hydrogen-bond donors (Lipinski definition) is 2. The van der Waals surface area contributed by atoms with Crippen molar-refractivity contribution >= 4 is 19.8 Å². The Bertz CT molecular complexity index is 777. The Hall–Kier alpha value is -1.47. The molecule has 0 aliphatic carbocycles. The number of unbranched alkanes of at least 4 members (excludes halogenated alkanes) is 19. The molecule has 2 N–H and O–H groups in total. The van der Waals surface area contributed by atoms with E-state index >= 15 is 0 Å². The number of phosphoric ester groups is 1. The number of carbonyl (C=O) groups is 2. The maximum Gasteiger partial charge on any atom is 0.469 e. The van der Waals surface area contributed by atoms with Crippen LogP contribution >= 0.6 is 7.82 Å². The van der Waals surface area contributed by atoms with Gasteiger partial charge in [0.1, 0.15) is 6.61 Å². The molecule has 0 bridgehead atoms. The van der Waals surface area contributed by atoms with Crippen molar-refractivity contribution in [2.75, 3.05) is 13.2 Å². The van der Waals surface area contributed by atoms with Gasteiger partial charge in [-0.05, 0) is 38.5 Å². The van der Waals surface area contributed by atoms with Crippen LogP contribution in [-0.4, -0.2) is 41.0 Å². The molecule has 0 aliphatic rings. The SMILES string of the molecule is CCCCCC/C=C/C=C/CCCCCCCC(=O)OC[C@H](COP(=O)(O)O)OC(=O)CCCCCCCCCCCCC. The van der Waals surface area contributed by atoms with Crippen molar-refractivity contribution in [1.29, 1.82) is 0 Å². The van der Waals surface area contributed by atoms with Gasteiger partial charge in [0.05, 0.1) is 6.61 Å². The van der Waals surface area contributed by atoms with Crippen LogP contribution < -0.4 is 0 Å². The van der Waals surface area contributed by atoms with Crippen molar-refractivity contribution in [2.24, 2.45) is 0 Å². The normalized spacial score (nSPS) is 12.7. The minimum atomic E-state index is -4.74. The van der Waals surface area contributed by atoms with Crippen molar-refractivity contribution < 1.29 is 37.9 Å². The Morgan fingerprint density at radius 3 is 1.48 bits per heavy atom. The van der Waals surface area contributed by atoms with Gasteiger partial charge in [0.2, 0.25) is 0 Å². The first-order chi connectivity index (χ1) is 21.3. The zero-order chi connectivity index (χ0) is 32.6. The summed E-state index contributed by atoms with van der Waals surface area (Å²) in [5, 5.41) is 0. The molecule has 0 heterocycles. The van der Waals surface area contributed by atoms with Gasteiger partial charge >= 0.3 is 19.8 Å². The maximum atomic E-state index is 12.3. The molecule has 8 nitrogen and oxygen atoms in total. The lowest BCUT2D eigenvalue weighted by molar-refractivity contribution is -0.161. The van der Waals surface area contributed by atoms with Crippen LogP contribution in [0.3, 0.4) is 0 Å². The minimum absolute atomic E-state index is 0.211. The molecule has 258 valence electrons. The number of ether oxygens (including phenoxy) is 2. The number of carbonyl (C=O) groups excluding carboxylic acids is 2. The monoisotopic (exact) mass is 644 g/mol. The van der Waals surface area contributed by atoms with Crippen LogP contribution in [0.1, 0.15) is 168 Å². The summed E-state index contributed by atoms with van der Waals surface area (Å²) in [4.78, 5) is 42.5. The predicted molar refractivity (Wildman–Crippen MR) is 179 cm³/mol. The summed E-state index contributed by atoms with van der Waals surface area (Å²) in [6.07, 6.45) is 33.3. The standard InChI is InChI=1S/C35H65O8P/c1-3-5-7-9-11-13-15-16-17-18-20-21-23-25-27-29-34(36)41-31-33(32-42-44(38,39)40)43-35(37)30-28-26-24-22-19-14-12-10-8-6-4-2/h13,15-17,33H,3-12,14,18-32H2,1-2H3,(H2,38,39,40)/b15-13+,17-16+/t33-/m1/s1. The van der Waals surface area contributed by atoms with Gasteiger partial charge in [0.25, 0.3) is 0 Å². The molecule has 0 aliphatic heterocycles. The van der Waals surface area contributed by atoms with E-state index in [0.29, 0.717) is 12.8 Å². The Kier molecular flexibility index (Phi) is 30.5. The third-order valence-electron chi connectivity index (χ3n) is 7.50. The Balaban J connectivity index is 4.01. The summed E-state index contributed by atoms with van der Waals surface area (Å²) in [5.74, 6) is -0.901. The topological polar surface area (TPSA) is 119 Å². The molecular formula is C35H65O8P. The van der Waals surface area contributed by atoms with E-state index in [1.54, 1.807) is 0 Å². The molecule has 0 aromatic carbocycles. The molecule has 0 saturated heterocycles. The molecule has 0 saturated carbocycles. The van der Waals surface area contributed by atoms with Crippen LogP contribution in [0.4, 0.5) is 0 Å². The maximum absolute atomic E-state index is 12.3. The van der Waals surface area contributed by atoms with Crippen LogP contribution in [0.5, 0.6) is 0 Å². The van der Waals surface area contributed by atoms with E-state index in [1.807, 2.05) is 0 Å². The second-order valence-electron chi connectivity index (χ2n) is 11.9. The molecule has 0 unspecified atom stereocenters. The molecule has 0 fully saturated rings. The van der Waals surface area contributed by atoms with Crippen LogP contribution in [0, 0.1) is 0 Å². The van der Waals surface area contributed by atoms with Crippen molar-refractivity contribution in [1.82, 2.24) is 0 Å². The molecule has 9 heteroatoms. The van der Waals surface area contributed by atoms with Crippen LogP contribution in [-0.2, 0) is 28.2 Å². The fraction of sp³-hybridized carbons (Fsp3) is 0.829. The zero-order valence-corrected chi connectivity index (χ0v) is 29.0.